The lowest BCUT2D eigenvalue weighted by molar-refractivity contribution is -0.127. The SMILES string of the molecule is CCCC1C(C)N(C)CC[C@]1(CC(=O)NC=O)c1cc(OC)ccc1C.CN. The fourth-order valence-corrected chi connectivity index (χ4v) is 4.68. The van der Waals surface area contributed by atoms with Crippen LogP contribution in [-0.2, 0) is 15.0 Å². The van der Waals surface area contributed by atoms with E-state index in [-0.39, 0.29) is 11.3 Å². The summed E-state index contributed by atoms with van der Waals surface area (Å²) in [6, 6.07) is 6.48. The molecule has 1 saturated heterocycles. The lowest BCUT2D eigenvalue weighted by Gasteiger charge is -2.52. The van der Waals surface area contributed by atoms with Crippen LogP contribution in [0.25, 0.3) is 0 Å². The van der Waals surface area contributed by atoms with Crippen LogP contribution >= 0.6 is 0 Å². The molecule has 1 aliphatic heterocycles. The first-order chi connectivity index (χ1) is 13.4. The van der Waals surface area contributed by atoms with Gasteiger partial charge < -0.3 is 15.4 Å². The van der Waals surface area contributed by atoms with Crippen LogP contribution in [0.4, 0.5) is 0 Å². The predicted octanol–water partition coefficient (Wildman–Crippen LogP) is 2.62. The Kier molecular flexibility index (Phi) is 9.62. The number of amides is 2. The Bertz CT molecular complexity index is 650. The fraction of sp³-hybridized carbons (Fsp3) is 0.636. The molecule has 2 amide bonds. The molecule has 6 heteroatoms. The molecule has 1 aromatic carbocycles. The largest absolute Gasteiger partial charge is 0.497 e. The number of piperidine rings is 1. The number of hydrogen-bond acceptors (Lipinski definition) is 5. The molecule has 0 saturated carbocycles. The van der Waals surface area contributed by atoms with Crippen LogP contribution in [0.15, 0.2) is 18.2 Å². The zero-order valence-electron chi connectivity index (χ0n) is 18.2. The Morgan fingerprint density at radius 2 is 2.11 bits per heavy atom. The predicted molar refractivity (Wildman–Crippen MR) is 113 cm³/mol. The van der Waals surface area contributed by atoms with E-state index in [1.807, 2.05) is 6.07 Å². The lowest BCUT2D eigenvalue weighted by atomic mass is 9.59. The second-order valence-corrected chi connectivity index (χ2v) is 7.57. The van der Waals surface area contributed by atoms with Gasteiger partial charge in [-0.25, -0.2) is 0 Å². The molecular formula is C22H37N3O3. The first-order valence-corrected chi connectivity index (χ1v) is 10.1. The molecule has 0 aliphatic carbocycles. The van der Waals surface area contributed by atoms with Crippen LogP contribution in [0.1, 0.15) is 50.7 Å². The van der Waals surface area contributed by atoms with Gasteiger partial charge in [-0.05, 0) is 76.5 Å². The molecule has 1 heterocycles. The van der Waals surface area contributed by atoms with E-state index in [2.05, 4.69) is 55.9 Å². The van der Waals surface area contributed by atoms with E-state index >= 15 is 0 Å². The van der Waals surface area contributed by atoms with Crippen LogP contribution in [0.5, 0.6) is 5.75 Å². The summed E-state index contributed by atoms with van der Waals surface area (Å²) in [5.41, 5.74) is 6.55. The monoisotopic (exact) mass is 391 g/mol. The Morgan fingerprint density at radius 3 is 2.68 bits per heavy atom. The molecule has 1 aromatic rings. The quantitative estimate of drug-likeness (QED) is 0.698. The average Bonchev–Trinajstić information content (AvgIpc) is 2.70. The maximum Gasteiger partial charge on any atom is 0.227 e. The standard InChI is InChI=1S/C21H32N2O3.CH5N/c1-6-7-18-16(3)23(4)11-10-21(18,13-20(25)22-14-24)19-12-17(26-5)9-8-15(19)2;1-2/h8-9,12,14,16,18H,6-7,10-11,13H2,1-5H3,(H,22,24,25);2H2,1H3/t16?,18?,21-;/m1./s1. The highest BCUT2D eigenvalue weighted by Gasteiger charge is 2.48. The van der Waals surface area contributed by atoms with E-state index in [9.17, 15) is 9.59 Å². The van der Waals surface area contributed by atoms with Crippen molar-refractivity contribution in [3.05, 3.63) is 29.3 Å². The maximum absolute atomic E-state index is 12.5. The van der Waals surface area contributed by atoms with Gasteiger partial charge in [-0.2, -0.15) is 0 Å². The van der Waals surface area contributed by atoms with E-state index in [1.54, 1.807) is 7.11 Å². The van der Waals surface area contributed by atoms with Gasteiger partial charge in [0, 0.05) is 17.9 Å². The number of hydrogen-bond donors (Lipinski definition) is 2. The van der Waals surface area contributed by atoms with Crippen molar-refractivity contribution in [3.63, 3.8) is 0 Å². The van der Waals surface area contributed by atoms with Gasteiger partial charge in [-0.3, -0.25) is 14.9 Å². The summed E-state index contributed by atoms with van der Waals surface area (Å²) in [6.45, 7) is 7.46. The summed E-state index contributed by atoms with van der Waals surface area (Å²) in [7, 11) is 5.32. The minimum absolute atomic E-state index is 0.208. The maximum atomic E-state index is 12.5. The van der Waals surface area contributed by atoms with Crippen LogP contribution in [0.2, 0.25) is 0 Å². The van der Waals surface area contributed by atoms with Crippen LogP contribution in [0.3, 0.4) is 0 Å². The highest BCUT2D eigenvalue weighted by atomic mass is 16.5. The third-order valence-corrected chi connectivity index (χ3v) is 6.17. The molecule has 1 aliphatic rings. The molecule has 28 heavy (non-hydrogen) atoms. The Hall–Kier alpha value is -1.92. The molecule has 3 atom stereocenters. The lowest BCUT2D eigenvalue weighted by Crippen LogP contribution is -2.55. The van der Waals surface area contributed by atoms with Crippen molar-refractivity contribution >= 4 is 12.3 Å². The Labute approximate surface area is 169 Å². The van der Waals surface area contributed by atoms with Crippen molar-refractivity contribution in [1.29, 1.82) is 0 Å². The van der Waals surface area contributed by atoms with E-state index in [4.69, 9.17) is 4.74 Å². The zero-order valence-corrected chi connectivity index (χ0v) is 18.2. The minimum atomic E-state index is -0.298. The number of likely N-dealkylation sites (tertiary alicyclic amines) is 1. The molecule has 0 radical (unpaired) electrons. The third-order valence-electron chi connectivity index (χ3n) is 6.17. The molecular weight excluding hydrogens is 354 g/mol. The van der Waals surface area contributed by atoms with Crippen LogP contribution in [0, 0.1) is 12.8 Å². The second-order valence-electron chi connectivity index (χ2n) is 7.57. The highest BCUT2D eigenvalue weighted by molar-refractivity contribution is 5.87. The number of aryl methyl sites for hydroxylation is 1. The summed E-state index contributed by atoms with van der Waals surface area (Å²) in [4.78, 5) is 25.7. The van der Waals surface area contributed by atoms with Gasteiger partial charge in [0.05, 0.1) is 7.11 Å². The van der Waals surface area contributed by atoms with Crippen molar-refractivity contribution in [2.75, 3.05) is 27.7 Å². The van der Waals surface area contributed by atoms with Crippen LogP contribution < -0.4 is 15.8 Å². The van der Waals surface area contributed by atoms with E-state index < -0.39 is 0 Å². The number of nitrogens with one attached hydrogen (secondary N) is 1. The van der Waals surface area contributed by atoms with Crippen molar-refractivity contribution in [2.24, 2.45) is 11.7 Å². The number of carbonyl (C=O) groups is 2. The Morgan fingerprint density at radius 1 is 1.43 bits per heavy atom. The fourth-order valence-electron chi connectivity index (χ4n) is 4.68. The van der Waals surface area contributed by atoms with Gasteiger partial charge in [-0.1, -0.05) is 19.4 Å². The first-order valence-electron chi connectivity index (χ1n) is 10.1. The van der Waals surface area contributed by atoms with Gasteiger partial charge in [0.15, 0.2) is 0 Å². The van der Waals surface area contributed by atoms with E-state index in [1.165, 1.54) is 18.2 Å². The number of methoxy groups -OCH3 is 1. The molecule has 0 bridgehead atoms. The number of imide groups is 1. The summed E-state index contributed by atoms with van der Waals surface area (Å²) in [6.07, 6.45) is 3.79. The van der Waals surface area contributed by atoms with Crippen molar-refractivity contribution < 1.29 is 14.3 Å². The van der Waals surface area contributed by atoms with Gasteiger partial charge in [0.2, 0.25) is 12.3 Å². The van der Waals surface area contributed by atoms with Crippen molar-refractivity contribution in [1.82, 2.24) is 10.2 Å². The number of ether oxygens (including phenoxy) is 1. The van der Waals surface area contributed by atoms with Crippen molar-refractivity contribution in [3.8, 4) is 5.75 Å². The van der Waals surface area contributed by atoms with Gasteiger partial charge >= 0.3 is 0 Å². The summed E-state index contributed by atoms with van der Waals surface area (Å²) >= 11 is 0. The first kappa shape index (κ1) is 24.1. The normalized spacial score (nSPS) is 24.7. The zero-order chi connectivity index (χ0) is 21.3. The van der Waals surface area contributed by atoms with Gasteiger partial charge in [0.25, 0.3) is 0 Å². The molecule has 1 fully saturated rings. The molecule has 3 N–H and O–H groups in total. The summed E-state index contributed by atoms with van der Waals surface area (Å²) < 4.78 is 5.47. The summed E-state index contributed by atoms with van der Waals surface area (Å²) in [5, 5.41) is 2.36. The van der Waals surface area contributed by atoms with Gasteiger partial charge in [-0.15, -0.1) is 0 Å². The number of rotatable bonds is 7. The van der Waals surface area contributed by atoms with E-state index in [0.717, 1.165) is 31.6 Å². The Balaban J connectivity index is 0.00000190. The third kappa shape index (κ3) is 5.11. The van der Waals surface area contributed by atoms with Gasteiger partial charge in [0.1, 0.15) is 5.75 Å². The number of nitrogens with zero attached hydrogens (tertiary/aromatic N) is 1. The van der Waals surface area contributed by atoms with E-state index in [0.29, 0.717) is 24.8 Å². The second kappa shape index (κ2) is 11.2. The number of nitrogens with two attached hydrogens (primary N) is 1. The topological polar surface area (TPSA) is 84.7 Å². The average molecular weight is 392 g/mol. The molecule has 2 unspecified atom stereocenters. The van der Waals surface area contributed by atoms with Crippen molar-refractivity contribution in [2.45, 2.75) is 57.9 Å². The van der Waals surface area contributed by atoms with Crippen LogP contribution in [-0.4, -0.2) is 51.0 Å². The number of carbonyl (C=O) groups excluding carboxylic acids is 2. The molecule has 6 nitrogen and oxygen atoms in total. The number of benzene rings is 1. The molecule has 158 valence electrons. The molecule has 0 aromatic heterocycles. The molecule has 0 spiro atoms. The molecule has 2 rings (SSSR count). The summed E-state index contributed by atoms with van der Waals surface area (Å²) in [5.74, 6) is 0.928. The minimum Gasteiger partial charge on any atom is -0.497 e. The highest BCUT2D eigenvalue weighted by Crippen LogP contribution is 2.48. The smallest absolute Gasteiger partial charge is 0.227 e.